The Kier molecular flexibility index (Phi) is 6.83. The van der Waals surface area contributed by atoms with Gasteiger partial charge in [-0.1, -0.05) is 12.1 Å². The number of aryl methyl sites for hydroxylation is 1. The summed E-state index contributed by atoms with van der Waals surface area (Å²) in [6, 6.07) is 6.36. The molecule has 7 heteroatoms. The van der Waals surface area contributed by atoms with Gasteiger partial charge in [0.05, 0.1) is 0 Å². The number of amides is 3. The van der Waals surface area contributed by atoms with E-state index in [4.69, 9.17) is 4.74 Å². The fraction of sp³-hybridized carbons (Fsp3) is 0.579. The molecule has 0 aromatic heterocycles. The van der Waals surface area contributed by atoms with E-state index in [0.29, 0.717) is 39.1 Å². The first kappa shape index (κ1) is 20.0. The Hall–Kier alpha value is -2.31. The number of nitrogens with one attached hydrogen (secondary N) is 1. The highest BCUT2D eigenvalue weighted by Crippen LogP contribution is 2.12. The van der Waals surface area contributed by atoms with Crippen LogP contribution in [0.1, 0.15) is 32.8 Å². The molecule has 0 unspecified atom stereocenters. The molecule has 1 aliphatic rings. The molecular weight excluding hydrogens is 337 g/mol. The molecular formula is C19H28FN3O3. The highest BCUT2D eigenvalue weighted by atomic mass is 19.1. The second-order valence-corrected chi connectivity index (χ2v) is 7.42. The third kappa shape index (κ3) is 6.54. The molecule has 26 heavy (non-hydrogen) atoms. The Morgan fingerprint density at radius 1 is 1.15 bits per heavy atom. The highest BCUT2D eigenvalue weighted by Gasteiger charge is 2.27. The van der Waals surface area contributed by atoms with Crippen LogP contribution < -0.4 is 5.32 Å². The third-order valence-electron chi connectivity index (χ3n) is 4.03. The molecule has 0 saturated carbocycles. The maximum atomic E-state index is 13.1. The predicted octanol–water partition coefficient (Wildman–Crippen LogP) is 3.02. The second-order valence-electron chi connectivity index (χ2n) is 7.42. The number of hydrogen-bond donors (Lipinski definition) is 1. The minimum Gasteiger partial charge on any atom is -0.444 e. The van der Waals surface area contributed by atoms with Crippen LogP contribution in [0.25, 0.3) is 0 Å². The van der Waals surface area contributed by atoms with Gasteiger partial charge in [-0.15, -0.1) is 0 Å². The van der Waals surface area contributed by atoms with Gasteiger partial charge in [0.1, 0.15) is 11.4 Å². The molecule has 0 aliphatic carbocycles. The number of hydrogen-bond acceptors (Lipinski definition) is 3. The van der Waals surface area contributed by atoms with Gasteiger partial charge >= 0.3 is 12.1 Å². The monoisotopic (exact) mass is 365 g/mol. The van der Waals surface area contributed by atoms with E-state index >= 15 is 0 Å². The first-order chi connectivity index (χ1) is 12.2. The Morgan fingerprint density at radius 3 is 2.42 bits per heavy atom. The number of halogens is 1. The van der Waals surface area contributed by atoms with E-state index in [9.17, 15) is 14.0 Å². The van der Waals surface area contributed by atoms with Gasteiger partial charge in [-0.3, -0.25) is 0 Å². The Balaban J connectivity index is 1.66. The highest BCUT2D eigenvalue weighted by molar-refractivity contribution is 5.75. The summed E-state index contributed by atoms with van der Waals surface area (Å²) in [5.41, 5.74) is 0.401. The van der Waals surface area contributed by atoms with E-state index in [-0.39, 0.29) is 17.9 Å². The van der Waals surface area contributed by atoms with E-state index in [1.54, 1.807) is 15.9 Å². The summed E-state index contributed by atoms with van der Waals surface area (Å²) in [5.74, 6) is -0.241. The summed E-state index contributed by atoms with van der Waals surface area (Å²) in [7, 11) is 0. The second kappa shape index (κ2) is 8.87. The number of carbonyl (C=O) groups is 2. The van der Waals surface area contributed by atoms with Crippen LogP contribution in [0.5, 0.6) is 0 Å². The summed E-state index contributed by atoms with van der Waals surface area (Å²) < 4.78 is 18.5. The molecule has 1 heterocycles. The zero-order chi connectivity index (χ0) is 19.2. The van der Waals surface area contributed by atoms with Crippen LogP contribution in [0, 0.1) is 5.82 Å². The Labute approximate surface area is 154 Å². The normalized spacial score (nSPS) is 14.9. The van der Waals surface area contributed by atoms with Gasteiger partial charge in [-0.05, 0) is 51.3 Å². The first-order valence-corrected chi connectivity index (χ1v) is 9.00. The lowest BCUT2D eigenvalue weighted by Gasteiger charge is -2.35. The van der Waals surface area contributed by atoms with Gasteiger partial charge in [0.25, 0.3) is 0 Å². The topological polar surface area (TPSA) is 61.9 Å². The number of rotatable bonds is 4. The minimum atomic E-state index is -0.521. The van der Waals surface area contributed by atoms with Crippen LogP contribution in [-0.2, 0) is 11.2 Å². The molecule has 1 aliphatic heterocycles. The lowest BCUT2D eigenvalue weighted by molar-refractivity contribution is 0.0170. The van der Waals surface area contributed by atoms with Crippen molar-refractivity contribution in [1.29, 1.82) is 0 Å². The standard InChI is InChI=1S/C19H28FN3O3/c1-19(2,3)26-18(25)23-12-10-22(11-13-23)17(24)21-9-5-7-15-6-4-8-16(20)14-15/h4,6,8,14H,5,7,9-13H2,1-3H3,(H,21,24). The van der Waals surface area contributed by atoms with Crippen molar-refractivity contribution in [3.8, 4) is 0 Å². The molecule has 3 amide bonds. The maximum Gasteiger partial charge on any atom is 0.410 e. The van der Waals surface area contributed by atoms with Crippen LogP contribution in [0.2, 0.25) is 0 Å². The Bertz CT molecular complexity index is 623. The van der Waals surface area contributed by atoms with Gasteiger partial charge in [0, 0.05) is 32.7 Å². The van der Waals surface area contributed by atoms with Crippen LogP contribution in [0.4, 0.5) is 14.0 Å². The number of benzene rings is 1. The Morgan fingerprint density at radius 2 is 1.81 bits per heavy atom. The number of piperazine rings is 1. The van der Waals surface area contributed by atoms with E-state index < -0.39 is 5.60 Å². The lowest BCUT2D eigenvalue weighted by Crippen LogP contribution is -2.54. The van der Waals surface area contributed by atoms with Gasteiger partial charge in [-0.2, -0.15) is 0 Å². The zero-order valence-corrected chi connectivity index (χ0v) is 15.8. The van der Waals surface area contributed by atoms with Gasteiger partial charge in [-0.25, -0.2) is 14.0 Å². The summed E-state index contributed by atoms with van der Waals surface area (Å²) in [6.07, 6.45) is 1.12. The number of nitrogens with zero attached hydrogens (tertiary/aromatic N) is 2. The van der Waals surface area contributed by atoms with Crippen molar-refractivity contribution in [1.82, 2.24) is 15.1 Å². The van der Waals surface area contributed by atoms with Crippen molar-refractivity contribution in [2.24, 2.45) is 0 Å². The fourth-order valence-electron chi connectivity index (χ4n) is 2.71. The van der Waals surface area contributed by atoms with E-state index in [1.807, 2.05) is 26.8 Å². The quantitative estimate of drug-likeness (QED) is 0.835. The summed E-state index contributed by atoms with van der Waals surface area (Å²) >= 11 is 0. The molecule has 0 atom stereocenters. The first-order valence-electron chi connectivity index (χ1n) is 9.00. The van der Waals surface area contributed by atoms with Crippen molar-refractivity contribution in [2.75, 3.05) is 32.7 Å². The average Bonchev–Trinajstić information content (AvgIpc) is 2.57. The van der Waals surface area contributed by atoms with Crippen LogP contribution >= 0.6 is 0 Å². The number of ether oxygens (including phenoxy) is 1. The predicted molar refractivity (Wildman–Crippen MR) is 97.5 cm³/mol. The number of urea groups is 1. The van der Waals surface area contributed by atoms with Crippen LogP contribution in [0.3, 0.4) is 0 Å². The summed E-state index contributed by atoms with van der Waals surface area (Å²) in [5, 5.41) is 2.88. The van der Waals surface area contributed by atoms with Crippen molar-refractivity contribution >= 4 is 12.1 Å². The van der Waals surface area contributed by atoms with Gasteiger partial charge in [0.2, 0.25) is 0 Å². The number of carbonyl (C=O) groups excluding carboxylic acids is 2. The molecule has 1 N–H and O–H groups in total. The molecule has 1 fully saturated rings. The average molecular weight is 365 g/mol. The smallest absolute Gasteiger partial charge is 0.410 e. The maximum absolute atomic E-state index is 13.1. The summed E-state index contributed by atoms with van der Waals surface area (Å²) in [4.78, 5) is 27.5. The molecule has 2 rings (SSSR count). The molecule has 1 saturated heterocycles. The van der Waals surface area contributed by atoms with Crippen molar-refractivity contribution in [3.05, 3.63) is 35.6 Å². The van der Waals surface area contributed by atoms with Crippen LogP contribution in [-0.4, -0.2) is 60.2 Å². The van der Waals surface area contributed by atoms with Crippen molar-refractivity contribution < 1.29 is 18.7 Å². The SMILES string of the molecule is CC(C)(C)OC(=O)N1CCN(C(=O)NCCCc2cccc(F)c2)CC1. The minimum absolute atomic E-state index is 0.131. The molecule has 0 bridgehead atoms. The van der Waals surface area contributed by atoms with Crippen molar-refractivity contribution in [2.45, 2.75) is 39.2 Å². The van der Waals surface area contributed by atoms with Crippen LogP contribution in [0.15, 0.2) is 24.3 Å². The van der Waals surface area contributed by atoms with E-state index in [2.05, 4.69) is 5.32 Å². The summed E-state index contributed by atoms with van der Waals surface area (Å²) in [6.45, 7) is 7.91. The largest absolute Gasteiger partial charge is 0.444 e. The van der Waals surface area contributed by atoms with Gasteiger partial charge < -0.3 is 19.9 Å². The third-order valence-corrected chi connectivity index (χ3v) is 4.03. The molecule has 0 radical (unpaired) electrons. The molecule has 0 spiro atoms. The molecule has 144 valence electrons. The van der Waals surface area contributed by atoms with E-state index in [1.165, 1.54) is 12.1 Å². The van der Waals surface area contributed by atoms with E-state index in [0.717, 1.165) is 12.0 Å². The van der Waals surface area contributed by atoms with Crippen molar-refractivity contribution in [3.63, 3.8) is 0 Å². The zero-order valence-electron chi connectivity index (χ0n) is 15.8. The molecule has 1 aromatic carbocycles. The fourth-order valence-corrected chi connectivity index (χ4v) is 2.71. The molecule has 1 aromatic rings. The van der Waals surface area contributed by atoms with Gasteiger partial charge in [0.15, 0.2) is 0 Å². The molecule has 6 nitrogen and oxygen atoms in total. The lowest BCUT2D eigenvalue weighted by atomic mass is 10.1.